The summed E-state index contributed by atoms with van der Waals surface area (Å²) in [5.41, 5.74) is 0.305. The largest absolute Gasteiger partial charge is 0.293 e. The van der Waals surface area contributed by atoms with Crippen LogP contribution in [-0.2, 0) is 5.54 Å². The molecule has 0 amide bonds. The van der Waals surface area contributed by atoms with Crippen molar-refractivity contribution in [3.8, 4) is 0 Å². The fourth-order valence-corrected chi connectivity index (χ4v) is 1.58. The van der Waals surface area contributed by atoms with E-state index >= 15 is 0 Å². The van der Waals surface area contributed by atoms with Crippen molar-refractivity contribution in [3.05, 3.63) is 22.2 Å². The first-order chi connectivity index (χ1) is 6.91. The summed E-state index contributed by atoms with van der Waals surface area (Å²) in [6.45, 7) is 7.76. The highest BCUT2D eigenvalue weighted by Crippen LogP contribution is 2.30. The van der Waals surface area contributed by atoms with E-state index in [4.69, 9.17) is 0 Å². The molecule has 0 saturated carbocycles. The van der Waals surface area contributed by atoms with Gasteiger partial charge in [-0.15, -0.1) is 5.11 Å². The summed E-state index contributed by atoms with van der Waals surface area (Å²) < 4.78 is 1.62. The second kappa shape index (κ2) is 2.98. The Kier molecular flexibility index (Phi) is 1.99. The molecule has 1 aromatic rings. The third-order valence-electron chi connectivity index (χ3n) is 2.45. The van der Waals surface area contributed by atoms with Gasteiger partial charge < -0.3 is 0 Å². The molecule has 1 aliphatic heterocycles. The van der Waals surface area contributed by atoms with Crippen LogP contribution in [0.4, 0.5) is 5.82 Å². The summed E-state index contributed by atoms with van der Waals surface area (Å²) in [5, 5.41) is 7.80. The molecule has 5 nitrogen and oxygen atoms in total. The first-order valence-corrected chi connectivity index (χ1v) is 4.94. The lowest BCUT2D eigenvalue weighted by atomic mass is 10.1. The van der Waals surface area contributed by atoms with Gasteiger partial charge in [-0.3, -0.25) is 9.36 Å². The molecule has 2 rings (SSSR count). The molecule has 1 aromatic heterocycles. The van der Waals surface area contributed by atoms with Crippen molar-refractivity contribution in [3.63, 3.8) is 0 Å². The predicted molar refractivity (Wildman–Crippen MR) is 56.4 cm³/mol. The van der Waals surface area contributed by atoms with E-state index in [1.54, 1.807) is 4.57 Å². The van der Waals surface area contributed by atoms with Gasteiger partial charge in [0.15, 0.2) is 5.82 Å². The van der Waals surface area contributed by atoms with Gasteiger partial charge in [0.2, 0.25) is 0 Å². The van der Waals surface area contributed by atoms with Gasteiger partial charge in [-0.25, -0.2) is 4.98 Å². The highest BCUT2D eigenvalue weighted by molar-refractivity contribution is 5.40. The van der Waals surface area contributed by atoms with E-state index in [2.05, 4.69) is 15.2 Å². The van der Waals surface area contributed by atoms with Gasteiger partial charge in [-0.05, 0) is 27.7 Å². The Bertz CT molecular complexity index is 481. The second-order valence-electron chi connectivity index (χ2n) is 4.72. The maximum absolute atomic E-state index is 12.1. The molecular weight excluding hydrogens is 192 g/mol. The van der Waals surface area contributed by atoms with Crippen LogP contribution in [0, 0.1) is 0 Å². The number of nitrogens with zero attached hydrogens (tertiary/aromatic N) is 4. The highest BCUT2D eigenvalue weighted by Gasteiger charge is 2.25. The first kappa shape index (κ1) is 10.0. The molecule has 0 bridgehead atoms. The number of hydrogen-bond acceptors (Lipinski definition) is 4. The van der Waals surface area contributed by atoms with Crippen LogP contribution in [0.1, 0.15) is 39.3 Å². The number of fused-ring (bicyclic) bond motifs is 1. The van der Waals surface area contributed by atoms with Crippen molar-refractivity contribution in [2.75, 3.05) is 0 Å². The summed E-state index contributed by atoms with van der Waals surface area (Å²) in [5.74, 6) is 0.466. The van der Waals surface area contributed by atoms with Gasteiger partial charge in [-0.2, -0.15) is 5.11 Å². The van der Waals surface area contributed by atoms with Crippen LogP contribution < -0.4 is 5.56 Å². The number of rotatable bonds is 0. The molecule has 0 aliphatic carbocycles. The number of azo groups is 1. The molecule has 0 aromatic carbocycles. The Labute approximate surface area is 87.9 Å². The molecule has 5 heteroatoms. The van der Waals surface area contributed by atoms with Crippen LogP contribution >= 0.6 is 0 Å². The lowest BCUT2D eigenvalue weighted by Gasteiger charge is -2.22. The Morgan fingerprint density at radius 1 is 1.40 bits per heavy atom. The van der Waals surface area contributed by atoms with Crippen molar-refractivity contribution >= 4 is 5.82 Å². The summed E-state index contributed by atoms with van der Waals surface area (Å²) in [7, 11) is 0. The maximum Gasteiger partial charge on any atom is 0.261 e. The predicted octanol–water partition coefficient (Wildman–Crippen LogP) is 2.16. The summed E-state index contributed by atoms with van der Waals surface area (Å²) in [6.07, 6.45) is 1.54. The SMILES string of the molecule is CC1N=Nc2ncn(C(C)(C)C)c(=O)c21. The Hall–Kier alpha value is -1.52. The third-order valence-corrected chi connectivity index (χ3v) is 2.45. The van der Waals surface area contributed by atoms with Crippen LogP contribution in [0.15, 0.2) is 21.4 Å². The molecule has 0 N–H and O–H groups in total. The van der Waals surface area contributed by atoms with E-state index in [9.17, 15) is 4.79 Å². The lowest BCUT2D eigenvalue weighted by molar-refractivity contribution is 0.377. The molecule has 1 atom stereocenters. The van der Waals surface area contributed by atoms with Crippen LogP contribution in [0.5, 0.6) is 0 Å². The zero-order chi connectivity index (χ0) is 11.2. The maximum atomic E-state index is 12.1. The Balaban J connectivity index is 2.67. The average Bonchev–Trinajstić information content (AvgIpc) is 2.46. The third kappa shape index (κ3) is 1.48. The fraction of sp³-hybridized carbons (Fsp3) is 0.600. The van der Waals surface area contributed by atoms with E-state index in [0.717, 1.165) is 0 Å². The normalized spacial score (nSPS) is 19.3. The minimum atomic E-state index is -0.262. The Morgan fingerprint density at radius 2 is 2.07 bits per heavy atom. The topological polar surface area (TPSA) is 59.6 Å². The van der Waals surface area contributed by atoms with Crippen molar-refractivity contribution in [2.45, 2.75) is 39.3 Å². The van der Waals surface area contributed by atoms with Crippen molar-refractivity contribution in [1.82, 2.24) is 9.55 Å². The summed E-state index contributed by atoms with van der Waals surface area (Å²) in [4.78, 5) is 16.3. The average molecular weight is 206 g/mol. The van der Waals surface area contributed by atoms with E-state index in [1.165, 1.54) is 6.33 Å². The van der Waals surface area contributed by atoms with E-state index in [0.29, 0.717) is 11.4 Å². The molecule has 0 fully saturated rings. The molecule has 15 heavy (non-hydrogen) atoms. The van der Waals surface area contributed by atoms with Gasteiger partial charge in [0.1, 0.15) is 12.4 Å². The standard InChI is InChI=1S/C10H14N4O/c1-6-7-8(13-12-6)11-5-14(9(7)15)10(2,3)4/h5-6H,1-4H3. The minimum absolute atomic E-state index is 0.0370. The van der Waals surface area contributed by atoms with Crippen molar-refractivity contribution < 1.29 is 0 Å². The quantitative estimate of drug-likeness (QED) is 0.653. The van der Waals surface area contributed by atoms with Gasteiger partial charge in [0, 0.05) is 5.54 Å². The lowest BCUT2D eigenvalue weighted by Crippen LogP contribution is -2.35. The van der Waals surface area contributed by atoms with Crippen LogP contribution in [0.3, 0.4) is 0 Å². The number of hydrogen-bond donors (Lipinski definition) is 0. The molecule has 1 aliphatic rings. The zero-order valence-electron chi connectivity index (χ0n) is 9.35. The van der Waals surface area contributed by atoms with Crippen molar-refractivity contribution in [1.29, 1.82) is 0 Å². The van der Waals surface area contributed by atoms with E-state index < -0.39 is 0 Å². The molecule has 0 radical (unpaired) electrons. The zero-order valence-corrected chi connectivity index (χ0v) is 9.35. The van der Waals surface area contributed by atoms with Gasteiger partial charge >= 0.3 is 0 Å². The van der Waals surface area contributed by atoms with Crippen LogP contribution in [0.2, 0.25) is 0 Å². The van der Waals surface area contributed by atoms with Gasteiger partial charge in [-0.1, -0.05) is 0 Å². The number of aromatic nitrogens is 2. The minimum Gasteiger partial charge on any atom is -0.293 e. The molecule has 0 saturated heterocycles. The van der Waals surface area contributed by atoms with Gasteiger partial charge in [0.05, 0.1) is 5.56 Å². The molecule has 0 spiro atoms. The van der Waals surface area contributed by atoms with Crippen LogP contribution in [0.25, 0.3) is 0 Å². The second-order valence-corrected chi connectivity index (χ2v) is 4.72. The molecule has 2 heterocycles. The monoisotopic (exact) mass is 206 g/mol. The molecule has 1 unspecified atom stereocenters. The summed E-state index contributed by atoms with van der Waals surface area (Å²) >= 11 is 0. The molecule has 80 valence electrons. The van der Waals surface area contributed by atoms with Crippen LogP contribution in [-0.4, -0.2) is 9.55 Å². The van der Waals surface area contributed by atoms with E-state index in [1.807, 2.05) is 27.7 Å². The fourth-order valence-electron chi connectivity index (χ4n) is 1.58. The molecular formula is C10H14N4O. The Morgan fingerprint density at radius 3 is 2.67 bits per heavy atom. The smallest absolute Gasteiger partial charge is 0.261 e. The first-order valence-electron chi connectivity index (χ1n) is 4.94. The van der Waals surface area contributed by atoms with Gasteiger partial charge in [0.25, 0.3) is 5.56 Å². The van der Waals surface area contributed by atoms with E-state index in [-0.39, 0.29) is 17.1 Å². The highest BCUT2D eigenvalue weighted by atomic mass is 16.1. The summed E-state index contributed by atoms with van der Waals surface area (Å²) in [6, 6.07) is -0.171. The van der Waals surface area contributed by atoms with Crippen molar-refractivity contribution in [2.24, 2.45) is 10.2 Å².